The topological polar surface area (TPSA) is 26.3 Å². The first-order valence-electron chi connectivity index (χ1n) is 11.2. The maximum Gasteiger partial charge on any atom is 0.323 e. The number of hydrogen-bond donors (Lipinski definition) is 0. The van der Waals surface area contributed by atoms with Crippen LogP contribution in [0.1, 0.15) is 104 Å². The lowest BCUT2D eigenvalue weighted by molar-refractivity contribution is -0.133. The molecule has 0 N–H and O–H groups in total. The summed E-state index contributed by atoms with van der Waals surface area (Å²) < 4.78 is 5.62. The van der Waals surface area contributed by atoms with E-state index in [1.165, 1.54) is 75.3 Å². The van der Waals surface area contributed by atoms with Crippen molar-refractivity contribution in [3.63, 3.8) is 0 Å². The smallest absolute Gasteiger partial charge is 0.323 e. The van der Waals surface area contributed by atoms with Gasteiger partial charge >= 0.3 is 5.97 Å². The normalized spacial score (nSPS) is 23.4. The molecule has 146 valence electrons. The number of ether oxygens (including phenoxy) is 1. The second kappa shape index (κ2) is 7.73. The molecule has 2 aromatic carbocycles. The summed E-state index contributed by atoms with van der Waals surface area (Å²) >= 11 is 0. The zero-order valence-corrected chi connectivity index (χ0v) is 16.7. The van der Waals surface area contributed by atoms with E-state index in [4.69, 9.17) is 4.74 Å². The largest absolute Gasteiger partial charge is 0.425 e. The van der Waals surface area contributed by atoms with Crippen LogP contribution in [0.5, 0.6) is 5.75 Å². The SMILES string of the molecule is O=C1Oc2ccc(C3CCCCC3)cc2C1c1ccc(C2CCCCC2)cc1. The van der Waals surface area contributed by atoms with Crippen molar-refractivity contribution in [3.05, 3.63) is 64.7 Å². The van der Waals surface area contributed by atoms with Gasteiger partial charge in [-0.05, 0) is 60.3 Å². The lowest BCUT2D eigenvalue weighted by Crippen LogP contribution is -2.12. The quantitative estimate of drug-likeness (QED) is 0.434. The number of hydrogen-bond acceptors (Lipinski definition) is 2. The molecule has 5 rings (SSSR count). The number of fused-ring (bicyclic) bond motifs is 1. The van der Waals surface area contributed by atoms with E-state index in [0.717, 1.165) is 16.9 Å². The van der Waals surface area contributed by atoms with Crippen LogP contribution >= 0.6 is 0 Å². The molecule has 2 aromatic rings. The Morgan fingerprint density at radius 3 is 1.82 bits per heavy atom. The molecule has 28 heavy (non-hydrogen) atoms. The molecule has 3 aliphatic rings. The van der Waals surface area contributed by atoms with Gasteiger partial charge in [0.25, 0.3) is 0 Å². The molecule has 0 aromatic heterocycles. The lowest BCUT2D eigenvalue weighted by atomic mass is 9.81. The Morgan fingerprint density at radius 1 is 0.643 bits per heavy atom. The van der Waals surface area contributed by atoms with Crippen LogP contribution in [0.15, 0.2) is 42.5 Å². The minimum absolute atomic E-state index is 0.124. The van der Waals surface area contributed by atoms with Crippen LogP contribution in [0.4, 0.5) is 0 Å². The molecular weight excluding hydrogens is 344 g/mol. The van der Waals surface area contributed by atoms with Crippen LogP contribution in [0.2, 0.25) is 0 Å². The second-order valence-electron chi connectivity index (χ2n) is 8.99. The molecule has 2 nitrogen and oxygen atoms in total. The third-order valence-electron chi connectivity index (χ3n) is 7.21. The average molecular weight is 375 g/mol. The molecule has 1 aliphatic heterocycles. The van der Waals surface area contributed by atoms with Gasteiger partial charge in [-0.2, -0.15) is 0 Å². The van der Waals surface area contributed by atoms with E-state index in [1.54, 1.807) is 0 Å². The van der Waals surface area contributed by atoms with E-state index in [2.05, 4.69) is 36.4 Å². The van der Waals surface area contributed by atoms with Crippen molar-refractivity contribution in [3.8, 4) is 5.75 Å². The third-order valence-corrected chi connectivity index (χ3v) is 7.21. The maximum absolute atomic E-state index is 12.7. The van der Waals surface area contributed by atoms with Gasteiger partial charge in [-0.25, -0.2) is 0 Å². The van der Waals surface area contributed by atoms with Crippen LogP contribution in [-0.2, 0) is 4.79 Å². The Morgan fingerprint density at radius 2 is 1.18 bits per heavy atom. The summed E-state index contributed by atoms with van der Waals surface area (Å²) in [5, 5.41) is 0. The monoisotopic (exact) mass is 374 g/mol. The van der Waals surface area contributed by atoms with Crippen molar-refractivity contribution < 1.29 is 9.53 Å². The summed E-state index contributed by atoms with van der Waals surface area (Å²) in [5.41, 5.74) is 4.97. The molecule has 2 saturated carbocycles. The standard InChI is InChI=1S/C26H30O2/c27-26-25(21-13-11-20(12-14-21)18-7-3-1-4-8-18)23-17-22(15-16-24(23)28-26)19-9-5-2-6-10-19/h11-19,25H,1-10H2. The fourth-order valence-corrected chi connectivity index (χ4v) is 5.58. The zero-order chi connectivity index (χ0) is 18.9. The fraction of sp³-hybridized carbons (Fsp3) is 0.500. The molecule has 0 amide bonds. The van der Waals surface area contributed by atoms with Gasteiger partial charge in [0.05, 0.1) is 0 Å². The van der Waals surface area contributed by atoms with Crippen LogP contribution in [0.3, 0.4) is 0 Å². The van der Waals surface area contributed by atoms with Gasteiger partial charge in [0, 0.05) is 5.56 Å². The minimum atomic E-state index is -0.265. The van der Waals surface area contributed by atoms with E-state index in [-0.39, 0.29) is 11.9 Å². The van der Waals surface area contributed by atoms with Crippen LogP contribution < -0.4 is 4.74 Å². The second-order valence-corrected chi connectivity index (χ2v) is 8.99. The van der Waals surface area contributed by atoms with E-state index < -0.39 is 0 Å². The molecule has 2 heteroatoms. The van der Waals surface area contributed by atoms with Crippen LogP contribution in [0.25, 0.3) is 0 Å². The molecule has 0 saturated heterocycles. The molecule has 1 atom stereocenters. The highest BCUT2D eigenvalue weighted by Gasteiger charge is 2.35. The number of carbonyl (C=O) groups is 1. The van der Waals surface area contributed by atoms with Crippen molar-refractivity contribution in [1.29, 1.82) is 0 Å². The first-order valence-corrected chi connectivity index (χ1v) is 11.2. The van der Waals surface area contributed by atoms with Crippen LogP contribution in [0, 0.1) is 0 Å². The molecular formula is C26H30O2. The third kappa shape index (κ3) is 3.38. The molecule has 2 aliphatic carbocycles. The number of rotatable bonds is 3. The summed E-state index contributed by atoms with van der Waals surface area (Å²) in [6, 6.07) is 15.3. The molecule has 1 heterocycles. The van der Waals surface area contributed by atoms with Crippen molar-refractivity contribution in [2.24, 2.45) is 0 Å². The Bertz CT molecular complexity index is 839. The average Bonchev–Trinajstić information content (AvgIpc) is 3.10. The molecule has 1 unspecified atom stereocenters. The molecule has 2 fully saturated rings. The highest BCUT2D eigenvalue weighted by Crippen LogP contribution is 2.43. The molecule has 0 radical (unpaired) electrons. The van der Waals surface area contributed by atoms with Gasteiger partial charge in [-0.1, -0.05) is 74.9 Å². The van der Waals surface area contributed by atoms with Gasteiger partial charge < -0.3 is 4.74 Å². The Kier molecular flexibility index (Phi) is 4.96. The number of carbonyl (C=O) groups excluding carboxylic acids is 1. The predicted molar refractivity (Wildman–Crippen MR) is 112 cm³/mol. The van der Waals surface area contributed by atoms with Crippen molar-refractivity contribution in [1.82, 2.24) is 0 Å². The van der Waals surface area contributed by atoms with Crippen molar-refractivity contribution >= 4 is 5.97 Å². The first kappa shape index (κ1) is 18.0. The zero-order valence-electron chi connectivity index (χ0n) is 16.7. The summed E-state index contributed by atoms with van der Waals surface area (Å²) in [6.45, 7) is 0. The summed E-state index contributed by atoms with van der Waals surface area (Å²) in [6.07, 6.45) is 13.2. The van der Waals surface area contributed by atoms with Gasteiger partial charge in [-0.3, -0.25) is 4.79 Å². The predicted octanol–water partition coefficient (Wildman–Crippen LogP) is 6.83. The van der Waals surface area contributed by atoms with E-state index >= 15 is 0 Å². The van der Waals surface area contributed by atoms with Gasteiger partial charge in [0.1, 0.15) is 11.7 Å². The van der Waals surface area contributed by atoms with Crippen molar-refractivity contribution in [2.45, 2.75) is 82.0 Å². The van der Waals surface area contributed by atoms with Crippen LogP contribution in [-0.4, -0.2) is 5.97 Å². The summed E-state index contributed by atoms with van der Waals surface area (Å²) in [7, 11) is 0. The fourth-order valence-electron chi connectivity index (χ4n) is 5.58. The summed E-state index contributed by atoms with van der Waals surface area (Å²) in [4.78, 5) is 12.7. The lowest BCUT2D eigenvalue weighted by Gasteiger charge is -2.23. The Balaban J connectivity index is 1.42. The summed E-state index contributed by atoms with van der Waals surface area (Å²) in [5.74, 6) is 1.71. The van der Waals surface area contributed by atoms with Crippen molar-refractivity contribution in [2.75, 3.05) is 0 Å². The highest BCUT2D eigenvalue weighted by molar-refractivity contribution is 5.89. The Labute approximate surface area is 168 Å². The van der Waals surface area contributed by atoms with Gasteiger partial charge in [-0.15, -0.1) is 0 Å². The van der Waals surface area contributed by atoms with Gasteiger partial charge in [0.2, 0.25) is 0 Å². The molecule has 0 bridgehead atoms. The maximum atomic E-state index is 12.7. The van der Waals surface area contributed by atoms with Gasteiger partial charge in [0.15, 0.2) is 0 Å². The number of esters is 1. The van der Waals surface area contributed by atoms with E-state index in [0.29, 0.717) is 11.8 Å². The highest BCUT2D eigenvalue weighted by atomic mass is 16.5. The first-order chi connectivity index (χ1) is 13.8. The number of benzene rings is 2. The van der Waals surface area contributed by atoms with E-state index in [1.807, 2.05) is 6.07 Å². The molecule has 0 spiro atoms. The Hall–Kier alpha value is -2.09. The van der Waals surface area contributed by atoms with E-state index in [9.17, 15) is 4.79 Å². The minimum Gasteiger partial charge on any atom is -0.425 e.